The number of pyridine rings is 1. The van der Waals surface area contributed by atoms with Crippen molar-refractivity contribution in [2.24, 2.45) is 0 Å². The summed E-state index contributed by atoms with van der Waals surface area (Å²) < 4.78 is 0. The van der Waals surface area contributed by atoms with Crippen LogP contribution in [0.3, 0.4) is 0 Å². The Kier molecular flexibility index (Phi) is 2.07. The number of hydrogen-bond donors (Lipinski definition) is 1. The molecule has 0 spiro atoms. The van der Waals surface area contributed by atoms with Crippen molar-refractivity contribution in [1.82, 2.24) is 4.98 Å². The van der Waals surface area contributed by atoms with Crippen molar-refractivity contribution in [3.05, 3.63) is 41.6 Å². The van der Waals surface area contributed by atoms with Crippen LogP contribution in [0.25, 0.3) is 10.9 Å². The summed E-state index contributed by atoms with van der Waals surface area (Å²) in [6, 6.07) is 8.17. The SMILES string of the molecule is N#Cc1ccc2c(C(=O)O)ccnc2c1. The minimum Gasteiger partial charge on any atom is -0.478 e. The van der Waals surface area contributed by atoms with E-state index in [4.69, 9.17) is 10.4 Å². The summed E-state index contributed by atoms with van der Waals surface area (Å²) in [5.41, 5.74) is 1.19. The van der Waals surface area contributed by atoms with Crippen LogP contribution in [-0.4, -0.2) is 16.1 Å². The predicted octanol–water partition coefficient (Wildman–Crippen LogP) is 1.80. The van der Waals surface area contributed by atoms with Crippen LogP contribution in [0.5, 0.6) is 0 Å². The lowest BCUT2D eigenvalue weighted by molar-refractivity contribution is 0.0699. The highest BCUT2D eigenvalue weighted by Crippen LogP contribution is 2.17. The fourth-order valence-corrected chi connectivity index (χ4v) is 1.40. The predicted molar refractivity (Wildman–Crippen MR) is 53.4 cm³/mol. The number of benzene rings is 1. The number of hydrogen-bond acceptors (Lipinski definition) is 3. The fourth-order valence-electron chi connectivity index (χ4n) is 1.40. The molecule has 2 rings (SSSR count). The number of aromatic carboxylic acids is 1. The van der Waals surface area contributed by atoms with Crippen molar-refractivity contribution in [1.29, 1.82) is 5.26 Å². The molecule has 0 fully saturated rings. The van der Waals surface area contributed by atoms with Gasteiger partial charge in [-0.3, -0.25) is 4.98 Å². The number of rotatable bonds is 1. The molecule has 0 bridgehead atoms. The average Bonchev–Trinajstić information content (AvgIpc) is 2.27. The van der Waals surface area contributed by atoms with Crippen molar-refractivity contribution in [2.45, 2.75) is 0 Å². The van der Waals surface area contributed by atoms with Crippen molar-refractivity contribution >= 4 is 16.9 Å². The standard InChI is InChI=1S/C11H6N2O2/c12-6-7-1-2-8-9(11(14)15)3-4-13-10(8)5-7/h1-5H,(H,14,15). The Hall–Kier alpha value is -2.41. The number of nitrogens with zero attached hydrogens (tertiary/aromatic N) is 2. The molecule has 4 heteroatoms. The van der Waals surface area contributed by atoms with Crippen LogP contribution in [0, 0.1) is 11.3 Å². The van der Waals surface area contributed by atoms with Crippen LogP contribution in [0.1, 0.15) is 15.9 Å². The molecule has 1 N–H and O–H groups in total. The van der Waals surface area contributed by atoms with Gasteiger partial charge in [-0.1, -0.05) is 6.07 Å². The monoisotopic (exact) mass is 198 g/mol. The van der Waals surface area contributed by atoms with Gasteiger partial charge in [-0.15, -0.1) is 0 Å². The van der Waals surface area contributed by atoms with Crippen LogP contribution in [-0.2, 0) is 0 Å². The second-order valence-electron chi connectivity index (χ2n) is 3.01. The molecule has 0 amide bonds. The second-order valence-corrected chi connectivity index (χ2v) is 3.01. The molecular weight excluding hydrogens is 192 g/mol. The lowest BCUT2D eigenvalue weighted by Gasteiger charge is -2.00. The molecule has 1 aromatic heterocycles. The molecular formula is C11H6N2O2. The van der Waals surface area contributed by atoms with E-state index in [1.54, 1.807) is 18.2 Å². The van der Waals surface area contributed by atoms with E-state index in [1.807, 2.05) is 6.07 Å². The van der Waals surface area contributed by atoms with E-state index in [-0.39, 0.29) is 5.56 Å². The van der Waals surface area contributed by atoms with Crippen molar-refractivity contribution in [3.8, 4) is 6.07 Å². The first-order valence-electron chi connectivity index (χ1n) is 4.24. The quantitative estimate of drug-likeness (QED) is 0.758. The van der Waals surface area contributed by atoms with Gasteiger partial charge in [0, 0.05) is 11.6 Å². The summed E-state index contributed by atoms with van der Waals surface area (Å²) in [5, 5.41) is 18.1. The van der Waals surface area contributed by atoms with E-state index < -0.39 is 5.97 Å². The smallest absolute Gasteiger partial charge is 0.336 e. The van der Waals surface area contributed by atoms with Crippen LogP contribution in [0.15, 0.2) is 30.5 Å². The van der Waals surface area contributed by atoms with Gasteiger partial charge in [0.2, 0.25) is 0 Å². The molecule has 0 aliphatic rings. The molecule has 72 valence electrons. The number of carbonyl (C=O) groups is 1. The summed E-state index contributed by atoms with van der Waals surface area (Å²) >= 11 is 0. The first-order chi connectivity index (χ1) is 7.22. The van der Waals surface area contributed by atoms with Crippen LogP contribution in [0.4, 0.5) is 0 Å². The Labute approximate surface area is 85.4 Å². The molecule has 0 atom stereocenters. The molecule has 0 saturated heterocycles. The molecule has 2 aromatic rings. The highest BCUT2D eigenvalue weighted by molar-refractivity contribution is 6.02. The van der Waals surface area contributed by atoms with E-state index in [9.17, 15) is 4.79 Å². The Morgan fingerprint density at radius 2 is 2.20 bits per heavy atom. The summed E-state index contributed by atoms with van der Waals surface area (Å²) in [4.78, 5) is 14.9. The molecule has 1 heterocycles. The maximum absolute atomic E-state index is 10.9. The summed E-state index contributed by atoms with van der Waals surface area (Å²) in [7, 11) is 0. The van der Waals surface area contributed by atoms with Gasteiger partial charge >= 0.3 is 5.97 Å². The average molecular weight is 198 g/mol. The van der Waals surface area contributed by atoms with E-state index in [0.29, 0.717) is 16.5 Å². The molecule has 1 aromatic carbocycles. The summed E-state index contributed by atoms with van der Waals surface area (Å²) in [6.07, 6.45) is 1.42. The third kappa shape index (κ3) is 1.51. The van der Waals surface area contributed by atoms with Crippen molar-refractivity contribution in [3.63, 3.8) is 0 Å². The zero-order chi connectivity index (χ0) is 10.8. The summed E-state index contributed by atoms with van der Waals surface area (Å²) in [5.74, 6) is -0.993. The topological polar surface area (TPSA) is 74.0 Å². The zero-order valence-electron chi connectivity index (χ0n) is 7.64. The number of carboxylic acid groups (broad SMARTS) is 1. The van der Waals surface area contributed by atoms with Gasteiger partial charge in [-0.05, 0) is 18.2 Å². The van der Waals surface area contributed by atoms with E-state index >= 15 is 0 Å². The number of nitriles is 1. The van der Waals surface area contributed by atoms with Crippen LogP contribution < -0.4 is 0 Å². The van der Waals surface area contributed by atoms with Crippen LogP contribution >= 0.6 is 0 Å². The van der Waals surface area contributed by atoms with Crippen molar-refractivity contribution < 1.29 is 9.90 Å². The van der Waals surface area contributed by atoms with Gasteiger partial charge < -0.3 is 5.11 Å². The molecule has 0 unspecified atom stereocenters. The first-order valence-corrected chi connectivity index (χ1v) is 4.24. The van der Waals surface area contributed by atoms with Gasteiger partial charge in [0.25, 0.3) is 0 Å². The van der Waals surface area contributed by atoms with Crippen molar-refractivity contribution in [2.75, 3.05) is 0 Å². The molecule has 0 radical (unpaired) electrons. The molecule has 0 aliphatic carbocycles. The lowest BCUT2D eigenvalue weighted by atomic mass is 10.1. The maximum Gasteiger partial charge on any atom is 0.336 e. The minimum atomic E-state index is -0.993. The van der Waals surface area contributed by atoms with Gasteiger partial charge in [0.15, 0.2) is 0 Å². The molecule has 4 nitrogen and oxygen atoms in total. The molecule has 0 aliphatic heterocycles. The highest BCUT2D eigenvalue weighted by Gasteiger charge is 2.08. The van der Waals surface area contributed by atoms with E-state index in [0.717, 1.165) is 0 Å². The fraction of sp³-hybridized carbons (Fsp3) is 0. The highest BCUT2D eigenvalue weighted by atomic mass is 16.4. The van der Waals surface area contributed by atoms with E-state index in [1.165, 1.54) is 12.3 Å². The Balaban J connectivity index is 2.79. The van der Waals surface area contributed by atoms with Gasteiger partial charge in [-0.2, -0.15) is 5.26 Å². The van der Waals surface area contributed by atoms with Crippen LogP contribution in [0.2, 0.25) is 0 Å². The van der Waals surface area contributed by atoms with Gasteiger partial charge in [0.05, 0.1) is 22.7 Å². The van der Waals surface area contributed by atoms with Gasteiger partial charge in [-0.25, -0.2) is 4.79 Å². The number of fused-ring (bicyclic) bond motifs is 1. The zero-order valence-corrected chi connectivity index (χ0v) is 7.64. The minimum absolute atomic E-state index is 0.199. The Morgan fingerprint density at radius 1 is 1.40 bits per heavy atom. The maximum atomic E-state index is 10.9. The largest absolute Gasteiger partial charge is 0.478 e. The number of carboxylic acids is 1. The molecule has 15 heavy (non-hydrogen) atoms. The Bertz CT molecular complexity index is 585. The summed E-state index contributed by atoms with van der Waals surface area (Å²) in [6.45, 7) is 0. The number of aromatic nitrogens is 1. The third-order valence-corrected chi connectivity index (χ3v) is 2.10. The van der Waals surface area contributed by atoms with E-state index in [2.05, 4.69) is 4.98 Å². The lowest BCUT2D eigenvalue weighted by Crippen LogP contribution is -1.98. The van der Waals surface area contributed by atoms with Gasteiger partial charge in [0.1, 0.15) is 0 Å². The molecule has 0 saturated carbocycles. The second kappa shape index (κ2) is 3.39. The normalized spacial score (nSPS) is 9.80. The first kappa shape index (κ1) is 9.16. The third-order valence-electron chi connectivity index (χ3n) is 2.10. The Morgan fingerprint density at radius 3 is 2.87 bits per heavy atom.